The summed E-state index contributed by atoms with van der Waals surface area (Å²) in [4.78, 5) is 42.5. The average Bonchev–Trinajstić information content (AvgIpc) is 3.12. The first-order valence-corrected chi connectivity index (χ1v) is 17.8. The molecular formula is C39H35BrO5P+. The van der Waals surface area contributed by atoms with Crippen molar-refractivity contribution in [1.82, 2.24) is 0 Å². The Balaban J connectivity index is 1.57. The lowest BCUT2D eigenvalue weighted by Crippen LogP contribution is -2.54. The second-order valence-electron chi connectivity index (χ2n) is 10.6. The van der Waals surface area contributed by atoms with E-state index >= 15 is 0 Å². The van der Waals surface area contributed by atoms with E-state index in [1.165, 1.54) is 0 Å². The van der Waals surface area contributed by atoms with E-state index in [4.69, 9.17) is 9.47 Å². The maximum atomic E-state index is 14.8. The Morgan fingerprint density at radius 3 is 1.35 bits per heavy atom. The van der Waals surface area contributed by atoms with E-state index in [0.29, 0.717) is 0 Å². The van der Waals surface area contributed by atoms with Crippen molar-refractivity contribution in [3.05, 3.63) is 163 Å². The van der Waals surface area contributed by atoms with Crippen LogP contribution in [0.5, 0.6) is 0 Å². The van der Waals surface area contributed by atoms with Gasteiger partial charge in [-0.3, -0.25) is 9.59 Å². The molecule has 0 amide bonds. The van der Waals surface area contributed by atoms with Gasteiger partial charge in [-0.1, -0.05) is 115 Å². The van der Waals surface area contributed by atoms with Gasteiger partial charge in [0.2, 0.25) is 0 Å². The van der Waals surface area contributed by atoms with Crippen LogP contribution in [0.2, 0.25) is 0 Å². The molecule has 5 aromatic rings. The van der Waals surface area contributed by atoms with Gasteiger partial charge in [0.1, 0.15) is 23.2 Å². The minimum Gasteiger partial charge on any atom is -0.462 e. The number of esters is 2. The second kappa shape index (κ2) is 15.3. The van der Waals surface area contributed by atoms with Gasteiger partial charge in [0, 0.05) is 6.42 Å². The number of carbonyl (C=O) groups is 3. The van der Waals surface area contributed by atoms with E-state index in [-0.39, 0.29) is 19.4 Å². The molecule has 0 bridgehead atoms. The Morgan fingerprint density at radius 1 is 0.609 bits per heavy atom. The van der Waals surface area contributed by atoms with Gasteiger partial charge in [-0.05, 0) is 70.4 Å². The topological polar surface area (TPSA) is 69.7 Å². The molecule has 0 heterocycles. The van der Waals surface area contributed by atoms with Gasteiger partial charge < -0.3 is 9.47 Å². The monoisotopic (exact) mass is 693 g/mol. The Hall–Kier alpha value is -4.38. The van der Waals surface area contributed by atoms with Crippen LogP contribution in [0.3, 0.4) is 0 Å². The fourth-order valence-corrected chi connectivity index (χ4v) is 12.6. The smallest absolute Gasteiger partial charge is 0.370 e. The molecule has 0 radical (unpaired) electrons. The van der Waals surface area contributed by atoms with E-state index in [1.54, 1.807) is 6.92 Å². The number of hydrogen-bond acceptors (Lipinski definition) is 5. The number of hydrogen-bond donors (Lipinski definition) is 0. The summed E-state index contributed by atoms with van der Waals surface area (Å²) in [6.07, 6.45) is -1.11. The van der Waals surface area contributed by atoms with Crippen molar-refractivity contribution in [2.75, 3.05) is 6.61 Å². The molecule has 7 heteroatoms. The van der Waals surface area contributed by atoms with Crippen LogP contribution in [0.25, 0.3) is 0 Å². The van der Waals surface area contributed by atoms with E-state index in [9.17, 15) is 14.4 Å². The molecule has 0 fully saturated rings. The third-order valence-corrected chi connectivity index (χ3v) is 14.8. The molecule has 1 unspecified atom stereocenters. The molecule has 0 aromatic heterocycles. The van der Waals surface area contributed by atoms with Crippen molar-refractivity contribution >= 4 is 56.8 Å². The second-order valence-corrected chi connectivity index (χ2v) is 16.0. The summed E-state index contributed by atoms with van der Waals surface area (Å²) in [5, 5.41) is 2.46. The van der Waals surface area contributed by atoms with Gasteiger partial charge in [-0.25, -0.2) is 4.79 Å². The summed E-state index contributed by atoms with van der Waals surface area (Å²) < 4.78 is 9.88. The lowest BCUT2D eigenvalue weighted by molar-refractivity contribution is -0.150. The lowest BCUT2D eigenvalue weighted by atomic mass is 10.0. The van der Waals surface area contributed by atoms with Crippen LogP contribution in [-0.4, -0.2) is 28.4 Å². The molecule has 0 saturated heterocycles. The van der Waals surface area contributed by atoms with Gasteiger partial charge in [0.25, 0.3) is 4.07 Å². The summed E-state index contributed by atoms with van der Waals surface area (Å²) in [6, 6.07) is 47.8. The molecule has 0 spiro atoms. The number of carbonyl (C=O) groups excluding carboxylic acids is 3. The zero-order valence-electron chi connectivity index (χ0n) is 25.5. The molecule has 0 N–H and O–H groups in total. The predicted molar refractivity (Wildman–Crippen MR) is 188 cm³/mol. The SMILES string of the molecule is CCOC(=O)C(Br)(C(=O)CCC(=O)OC(c1ccccc1)c1ccccc1)[P+](c1ccccc1)(c1ccccc1)c1ccccc1. The summed E-state index contributed by atoms with van der Waals surface area (Å²) in [5.74, 6) is -1.69. The third kappa shape index (κ3) is 6.60. The number of halogens is 1. The normalized spacial score (nSPS) is 12.6. The van der Waals surface area contributed by atoms with Crippen molar-refractivity contribution < 1.29 is 23.9 Å². The van der Waals surface area contributed by atoms with Crippen molar-refractivity contribution in [1.29, 1.82) is 0 Å². The van der Waals surface area contributed by atoms with Crippen LogP contribution in [0.1, 0.15) is 37.0 Å². The Labute approximate surface area is 279 Å². The maximum absolute atomic E-state index is 14.8. The zero-order valence-corrected chi connectivity index (χ0v) is 28.0. The highest BCUT2D eigenvalue weighted by Gasteiger charge is 2.71. The van der Waals surface area contributed by atoms with Crippen LogP contribution >= 0.6 is 23.2 Å². The molecule has 46 heavy (non-hydrogen) atoms. The first-order valence-electron chi connectivity index (χ1n) is 15.2. The Kier molecular flexibility index (Phi) is 11.0. The average molecular weight is 695 g/mol. The molecule has 5 rings (SSSR count). The first kappa shape index (κ1) is 33.0. The quantitative estimate of drug-likeness (QED) is 0.0560. The standard InChI is InChI=1S/C39H35BrO5P/c1-2-44-38(43)39(40,35(41)28-29-36(42)45-37(30-18-8-3-9-19-30)31-20-10-4-11-21-31)46(32-22-12-5-13-23-32,33-24-14-6-15-25-33)34-26-16-7-17-27-34/h3-27,37H,2,28-29H2,1H3/q+1. The molecule has 1 atom stereocenters. The van der Waals surface area contributed by atoms with Crippen LogP contribution in [0, 0.1) is 0 Å². The zero-order chi connectivity index (χ0) is 32.4. The molecule has 0 aliphatic heterocycles. The largest absolute Gasteiger partial charge is 0.462 e. The number of rotatable bonds is 13. The van der Waals surface area contributed by atoms with Gasteiger partial charge in [-0.15, -0.1) is 0 Å². The van der Waals surface area contributed by atoms with Crippen LogP contribution in [0.15, 0.2) is 152 Å². The highest BCUT2D eigenvalue weighted by Crippen LogP contribution is 2.69. The van der Waals surface area contributed by atoms with Crippen molar-refractivity contribution in [2.45, 2.75) is 29.9 Å². The maximum Gasteiger partial charge on any atom is 0.370 e. The van der Waals surface area contributed by atoms with E-state index in [0.717, 1.165) is 27.0 Å². The van der Waals surface area contributed by atoms with E-state index < -0.39 is 35.2 Å². The van der Waals surface area contributed by atoms with Crippen molar-refractivity contribution in [3.8, 4) is 0 Å². The van der Waals surface area contributed by atoms with Crippen LogP contribution in [-0.2, 0) is 23.9 Å². The number of ketones is 1. The number of benzene rings is 5. The summed E-state index contributed by atoms with van der Waals surface area (Å²) in [7, 11) is -3.16. The van der Waals surface area contributed by atoms with Crippen LogP contribution in [0.4, 0.5) is 0 Å². The number of ether oxygens (including phenoxy) is 2. The van der Waals surface area contributed by atoms with Gasteiger partial charge in [0.15, 0.2) is 11.9 Å². The highest BCUT2D eigenvalue weighted by molar-refractivity contribution is 9.12. The molecule has 0 saturated carbocycles. The molecule has 5 aromatic carbocycles. The number of alkyl halides is 1. The molecule has 232 valence electrons. The summed E-state index contributed by atoms with van der Waals surface area (Å²) >= 11 is 3.80. The highest BCUT2D eigenvalue weighted by atomic mass is 79.9. The van der Waals surface area contributed by atoms with Gasteiger partial charge in [0.05, 0.1) is 13.0 Å². The van der Waals surface area contributed by atoms with Crippen molar-refractivity contribution in [2.24, 2.45) is 0 Å². The summed E-state index contributed by atoms with van der Waals surface area (Å²) in [6.45, 7) is 1.80. The minimum absolute atomic E-state index is 0.0791. The van der Waals surface area contributed by atoms with Crippen LogP contribution < -0.4 is 15.9 Å². The van der Waals surface area contributed by atoms with E-state index in [1.807, 2.05) is 152 Å². The molecule has 0 aliphatic carbocycles. The van der Waals surface area contributed by atoms with Gasteiger partial charge in [-0.2, -0.15) is 0 Å². The summed E-state index contributed by atoms with van der Waals surface area (Å²) in [5.41, 5.74) is 1.63. The first-order chi connectivity index (χ1) is 22.4. The Morgan fingerprint density at radius 2 is 0.978 bits per heavy atom. The minimum atomic E-state index is -3.16. The fraction of sp³-hybridized carbons (Fsp3) is 0.154. The molecular weight excluding hydrogens is 659 g/mol. The Bertz CT molecular complexity index is 1600. The lowest BCUT2D eigenvalue weighted by Gasteiger charge is -2.38. The van der Waals surface area contributed by atoms with E-state index in [2.05, 4.69) is 15.9 Å². The van der Waals surface area contributed by atoms with Crippen molar-refractivity contribution in [3.63, 3.8) is 0 Å². The molecule has 0 aliphatic rings. The van der Waals surface area contributed by atoms with Gasteiger partial charge >= 0.3 is 11.9 Å². The molecule has 5 nitrogen and oxygen atoms in total. The third-order valence-electron chi connectivity index (χ3n) is 7.82. The predicted octanol–water partition coefficient (Wildman–Crippen LogP) is 7.32. The fourth-order valence-electron chi connectivity index (χ4n) is 5.76. The number of Topliss-reactive ketones (excluding diaryl/α,β-unsaturated/α-hetero) is 1.